The largest absolute Gasteiger partial charge is 0.496 e. The number of aromatic nitrogens is 3. The van der Waals surface area contributed by atoms with Crippen LogP contribution in [0.4, 0.5) is 8.78 Å². The zero-order valence-corrected chi connectivity index (χ0v) is 17.5. The maximum Gasteiger partial charge on any atom is 0.351 e. The van der Waals surface area contributed by atoms with Gasteiger partial charge in [-0.2, -0.15) is 9.78 Å². The average Bonchev–Trinajstić information content (AvgIpc) is 2.69. The maximum absolute atomic E-state index is 13.1. The van der Waals surface area contributed by atoms with Gasteiger partial charge in [0.15, 0.2) is 11.4 Å². The van der Waals surface area contributed by atoms with E-state index in [1.54, 1.807) is 25.3 Å². The summed E-state index contributed by atoms with van der Waals surface area (Å²) in [5.74, 6) is 1.20. The fourth-order valence-corrected chi connectivity index (χ4v) is 3.25. The number of benzene rings is 2. The summed E-state index contributed by atoms with van der Waals surface area (Å²) in [5, 5.41) is 3.49. The Morgan fingerprint density at radius 3 is 2.27 bits per heavy atom. The van der Waals surface area contributed by atoms with Crippen LogP contribution in [0.2, 0.25) is 10.0 Å². The second-order valence-corrected chi connectivity index (χ2v) is 7.03. The lowest BCUT2D eigenvalue weighted by Gasteiger charge is -2.14. The smallest absolute Gasteiger partial charge is 0.351 e. The van der Waals surface area contributed by atoms with E-state index in [1.165, 1.54) is 12.1 Å². The minimum Gasteiger partial charge on any atom is -0.496 e. The van der Waals surface area contributed by atoms with Crippen molar-refractivity contribution in [3.8, 4) is 22.9 Å². The number of ether oxygens (including phenoxy) is 2. The van der Waals surface area contributed by atoms with Crippen LogP contribution in [0, 0.1) is 6.92 Å². The summed E-state index contributed by atoms with van der Waals surface area (Å²) < 4.78 is 38.3. The SMILES string of the molecule is COc1ccc(Oc2c(Cl)cc(-n3nc(C(F)F)c(=O)n(C)c3=O)cc2Cl)cc1C. The highest BCUT2D eigenvalue weighted by Gasteiger charge is 2.21. The standard InChI is InChI=1S/C19H15Cl2F2N3O4/c1-9-6-11(4-5-14(9)29-3)30-16-12(20)7-10(8-13(16)21)26-19(28)25(2)18(27)15(24-26)17(22)23/h4-8,17H,1-3H3. The number of halogens is 4. The van der Waals surface area contributed by atoms with Gasteiger partial charge < -0.3 is 9.47 Å². The summed E-state index contributed by atoms with van der Waals surface area (Å²) in [6.45, 7) is 1.83. The van der Waals surface area contributed by atoms with Gasteiger partial charge in [-0.3, -0.25) is 9.36 Å². The normalized spacial score (nSPS) is 11.1. The van der Waals surface area contributed by atoms with Gasteiger partial charge in [-0.15, -0.1) is 0 Å². The molecule has 7 nitrogen and oxygen atoms in total. The second kappa shape index (κ2) is 8.45. The van der Waals surface area contributed by atoms with Gasteiger partial charge in [0.25, 0.3) is 12.0 Å². The summed E-state index contributed by atoms with van der Waals surface area (Å²) in [7, 11) is 2.62. The molecule has 0 bridgehead atoms. The van der Waals surface area contributed by atoms with Crippen molar-refractivity contribution in [1.29, 1.82) is 0 Å². The molecule has 0 saturated carbocycles. The van der Waals surface area contributed by atoms with E-state index in [2.05, 4.69) is 5.10 Å². The third-order valence-corrected chi connectivity index (χ3v) is 4.78. The Morgan fingerprint density at radius 1 is 1.10 bits per heavy atom. The fourth-order valence-electron chi connectivity index (χ4n) is 2.70. The van der Waals surface area contributed by atoms with Gasteiger partial charge in [-0.05, 0) is 42.8 Å². The van der Waals surface area contributed by atoms with E-state index in [0.29, 0.717) is 20.7 Å². The number of hydrogen-bond acceptors (Lipinski definition) is 5. The minimum absolute atomic E-state index is 0.00659. The third-order valence-electron chi connectivity index (χ3n) is 4.22. The molecule has 2 aromatic carbocycles. The lowest BCUT2D eigenvalue weighted by molar-refractivity contribution is 0.140. The number of alkyl halides is 2. The molecule has 0 spiro atoms. The molecule has 0 aliphatic rings. The van der Waals surface area contributed by atoms with Crippen LogP contribution in [0.1, 0.15) is 17.7 Å². The molecule has 0 radical (unpaired) electrons. The van der Waals surface area contributed by atoms with E-state index in [1.807, 2.05) is 6.92 Å². The summed E-state index contributed by atoms with van der Waals surface area (Å²) in [5.41, 5.74) is -2.38. The van der Waals surface area contributed by atoms with Gasteiger partial charge in [0.1, 0.15) is 11.5 Å². The molecular weight excluding hydrogens is 443 g/mol. The molecule has 3 aromatic rings. The first-order chi connectivity index (χ1) is 14.1. The molecule has 0 atom stereocenters. The number of aryl methyl sites for hydroxylation is 1. The van der Waals surface area contributed by atoms with Crippen molar-refractivity contribution in [3.63, 3.8) is 0 Å². The Morgan fingerprint density at radius 2 is 1.73 bits per heavy atom. The van der Waals surface area contributed by atoms with Crippen LogP contribution in [0.5, 0.6) is 17.2 Å². The topological polar surface area (TPSA) is 75.3 Å². The van der Waals surface area contributed by atoms with Crippen molar-refractivity contribution in [2.24, 2.45) is 7.05 Å². The van der Waals surface area contributed by atoms with Crippen LogP contribution in [-0.2, 0) is 7.05 Å². The van der Waals surface area contributed by atoms with Crippen LogP contribution in [-0.4, -0.2) is 21.5 Å². The summed E-state index contributed by atoms with van der Waals surface area (Å²) in [6, 6.07) is 7.62. The molecular formula is C19H15Cl2F2N3O4. The Kier molecular flexibility index (Phi) is 6.14. The van der Waals surface area contributed by atoms with Gasteiger partial charge in [0.05, 0.1) is 22.8 Å². The number of rotatable bonds is 5. The van der Waals surface area contributed by atoms with Crippen LogP contribution in [0.15, 0.2) is 39.9 Å². The number of methoxy groups -OCH3 is 1. The summed E-state index contributed by atoms with van der Waals surface area (Å²) >= 11 is 12.5. The number of nitrogens with zero attached hydrogens (tertiary/aromatic N) is 3. The first-order valence-electron chi connectivity index (χ1n) is 8.44. The van der Waals surface area contributed by atoms with E-state index < -0.39 is 23.4 Å². The Balaban J connectivity index is 2.07. The number of hydrogen-bond donors (Lipinski definition) is 0. The molecule has 1 aromatic heterocycles. The molecule has 0 fully saturated rings. The molecule has 158 valence electrons. The molecule has 0 N–H and O–H groups in total. The predicted molar refractivity (Wildman–Crippen MR) is 108 cm³/mol. The van der Waals surface area contributed by atoms with E-state index in [9.17, 15) is 18.4 Å². The first-order valence-corrected chi connectivity index (χ1v) is 9.20. The Hall–Kier alpha value is -2.91. The van der Waals surface area contributed by atoms with E-state index >= 15 is 0 Å². The van der Waals surface area contributed by atoms with Crippen molar-refractivity contribution in [3.05, 3.63) is 72.5 Å². The highest BCUT2D eigenvalue weighted by molar-refractivity contribution is 6.37. The van der Waals surface area contributed by atoms with Crippen LogP contribution in [0.25, 0.3) is 5.69 Å². The van der Waals surface area contributed by atoms with Crippen molar-refractivity contribution < 1.29 is 18.3 Å². The monoisotopic (exact) mass is 457 g/mol. The van der Waals surface area contributed by atoms with Gasteiger partial charge in [-0.1, -0.05) is 23.2 Å². The fraction of sp³-hybridized carbons (Fsp3) is 0.211. The van der Waals surface area contributed by atoms with Crippen LogP contribution >= 0.6 is 23.2 Å². The maximum atomic E-state index is 13.1. The molecule has 0 amide bonds. The molecule has 3 rings (SSSR count). The molecule has 11 heteroatoms. The molecule has 0 saturated heterocycles. The van der Waals surface area contributed by atoms with Gasteiger partial charge in [0.2, 0.25) is 0 Å². The van der Waals surface area contributed by atoms with Crippen molar-refractivity contribution in [1.82, 2.24) is 14.3 Å². The average molecular weight is 458 g/mol. The van der Waals surface area contributed by atoms with E-state index in [-0.39, 0.29) is 21.5 Å². The Bertz CT molecular complexity index is 1220. The zero-order chi connectivity index (χ0) is 22.2. The second-order valence-electron chi connectivity index (χ2n) is 6.22. The van der Waals surface area contributed by atoms with Gasteiger partial charge in [-0.25, -0.2) is 13.6 Å². The minimum atomic E-state index is -3.16. The molecule has 0 unspecified atom stereocenters. The molecule has 30 heavy (non-hydrogen) atoms. The summed E-state index contributed by atoms with van der Waals surface area (Å²) in [4.78, 5) is 24.2. The van der Waals surface area contributed by atoms with Crippen LogP contribution < -0.4 is 20.7 Å². The van der Waals surface area contributed by atoms with E-state index in [4.69, 9.17) is 32.7 Å². The highest BCUT2D eigenvalue weighted by Crippen LogP contribution is 2.38. The zero-order valence-electron chi connectivity index (χ0n) is 16.0. The lowest BCUT2D eigenvalue weighted by Crippen LogP contribution is -2.41. The van der Waals surface area contributed by atoms with Crippen LogP contribution in [0.3, 0.4) is 0 Å². The van der Waals surface area contributed by atoms with Crippen molar-refractivity contribution in [2.75, 3.05) is 7.11 Å². The lowest BCUT2D eigenvalue weighted by atomic mass is 10.2. The third kappa shape index (κ3) is 4.03. The van der Waals surface area contributed by atoms with Gasteiger partial charge >= 0.3 is 5.69 Å². The van der Waals surface area contributed by atoms with Crippen molar-refractivity contribution in [2.45, 2.75) is 13.3 Å². The first kappa shape index (κ1) is 21.8. The predicted octanol–water partition coefficient (Wildman–Crippen LogP) is 4.28. The van der Waals surface area contributed by atoms with Gasteiger partial charge in [0, 0.05) is 7.05 Å². The highest BCUT2D eigenvalue weighted by atomic mass is 35.5. The van der Waals surface area contributed by atoms with Crippen molar-refractivity contribution >= 4 is 23.2 Å². The van der Waals surface area contributed by atoms with E-state index in [0.717, 1.165) is 12.6 Å². The molecule has 0 aliphatic heterocycles. The quantitative estimate of drug-likeness (QED) is 0.571. The molecule has 0 aliphatic carbocycles. The summed E-state index contributed by atoms with van der Waals surface area (Å²) in [6.07, 6.45) is -3.16. The Labute approximate surface area is 179 Å². The molecule has 1 heterocycles.